The SMILES string of the molecule is COC=C(N=Nc1cc(Cl)c(Cl)cc1Cl)OC=Nc1ccc(NC(=O)C(N=Nc2cc(Cl)c(Cl)cc2Cl)C(C)=O)cc1. The predicted molar refractivity (Wildman–Crippen MR) is 166 cm³/mol. The summed E-state index contributed by atoms with van der Waals surface area (Å²) >= 11 is 36.0. The molecule has 0 aliphatic heterocycles. The lowest BCUT2D eigenvalue weighted by Crippen LogP contribution is -2.31. The number of nitrogens with zero attached hydrogens (tertiary/aromatic N) is 5. The number of rotatable bonds is 11. The summed E-state index contributed by atoms with van der Waals surface area (Å²) in [6.45, 7) is 1.21. The largest absolute Gasteiger partial charge is 0.499 e. The number of nitrogens with one attached hydrogen (secondary N) is 1. The van der Waals surface area contributed by atoms with Gasteiger partial charge in [0.1, 0.15) is 17.6 Å². The summed E-state index contributed by atoms with van der Waals surface area (Å²) in [5, 5.41) is 19.6. The zero-order valence-corrected chi connectivity index (χ0v) is 26.0. The molecule has 3 aromatic carbocycles. The second kappa shape index (κ2) is 15.8. The Hall–Kier alpha value is -3.25. The van der Waals surface area contributed by atoms with Gasteiger partial charge in [-0.15, -0.1) is 10.2 Å². The van der Waals surface area contributed by atoms with Crippen molar-refractivity contribution < 1.29 is 19.1 Å². The van der Waals surface area contributed by atoms with Crippen LogP contribution in [0, 0.1) is 0 Å². The van der Waals surface area contributed by atoms with E-state index in [4.69, 9.17) is 79.1 Å². The molecule has 3 rings (SSSR count). The average Bonchev–Trinajstić information content (AvgIpc) is 2.93. The molecule has 0 aliphatic carbocycles. The van der Waals surface area contributed by atoms with E-state index in [0.29, 0.717) is 11.4 Å². The second-order valence-corrected chi connectivity index (χ2v) is 10.4. The minimum atomic E-state index is -1.43. The van der Waals surface area contributed by atoms with E-state index >= 15 is 0 Å². The Labute approximate surface area is 269 Å². The van der Waals surface area contributed by atoms with Crippen LogP contribution in [0.5, 0.6) is 0 Å². The molecule has 0 saturated heterocycles. The quantitative estimate of drug-likeness (QED) is 0.0536. The highest BCUT2D eigenvalue weighted by Gasteiger charge is 2.23. The molecule has 1 atom stereocenters. The minimum Gasteiger partial charge on any atom is -0.499 e. The van der Waals surface area contributed by atoms with E-state index in [0.717, 1.165) is 6.40 Å². The Kier molecular flexibility index (Phi) is 12.5. The van der Waals surface area contributed by atoms with Gasteiger partial charge in [0.15, 0.2) is 12.2 Å². The first-order chi connectivity index (χ1) is 20.0. The van der Waals surface area contributed by atoms with Gasteiger partial charge in [-0.3, -0.25) is 9.59 Å². The van der Waals surface area contributed by atoms with Crippen molar-refractivity contribution in [2.75, 3.05) is 12.4 Å². The number of ketones is 1. The van der Waals surface area contributed by atoms with E-state index in [9.17, 15) is 9.59 Å². The molecule has 0 aromatic heterocycles. The van der Waals surface area contributed by atoms with Gasteiger partial charge in [-0.2, -0.15) is 10.2 Å². The smallest absolute Gasteiger partial charge is 0.274 e. The molecule has 1 N–H and O–H groups in total. The van der Waals surface area contributed by atoms with E-state index in [2.05, 4.69) is 30.8 Å². The molecule has 0 heterocycles. The molecule has 3 aromatic rings. The molecular weight excluding hydrogens is 673 g/mol. The third-order valence-corrected chi connectivity index (χ3v) is 6.93. The Morgan fingerprint density at radius 2 is 1.36 bits per heavy atom. The van der Waals surface area contributed by atoms with Crippen LogP contribution in [0.4, 0.5) is 22.7 Å². The summed E-state index contributed by atoms with van der Waals surface area (Å²) in [6.07, 6.45) is 2.30. The van der Waals surface area contributed by atoms with Crippen molar-refractivity contribution in [2.24, 2.45) is 25.4 Å². The zero-order valence-electron chi connectivity index (χ0n) is 21.5. The van der Waals surface area contributed by atoms with Gasteiger partial charge in [-0.05, 0) is 55.5 Å². The van der Waals surface area contributed by atoms with Gasteiger partial charge >= 0.3 is 0 Å². The third kappa shape index (κ3) is 9.65. The summed E-state index contributed by atoms with van der Waals surface area (Å²) in [5.74, 6) is -1.29. The van der Waals surface area contributed by atoms with Gasteiger partial charge in [0.25, 0.3) is 11.8 Å². The molecule has 1 unspecified atom stereocenters. The van der Waals surface area contributed by atoms with Crippen LogP contribution in [0.2, 0.25) is 30.1 Å². The number of benzene rings is 3. The normalized spacial score (nSPS) is 12.7. The lowest BCUT2D eigenvalue weighted by Gasteiger charge is -2.10. The standard InChI is InChI=1S/C26H18Cl6N6O4/c1-13(39)25(38-36-23-10-19(30)17(28)8-21(23)32)26(40)34-15-5-3-14(4-6-15)33-12-42-24(11-41-2)37-35-22-9-18(29)16(27)7-20(22)31/h3-12,25H,1-2H3,(H,34,40). The molecule has 1 amide bonds. The number of azo groups is 2. The number of hydrogen-bond acceptors (Lipinski definition) is 9. The van der Waals surface area contributed by atoms with Crippen LogP contribution in [0.25, 0.3) is 0 Å². The van der Waals surface area contributed by atoms with E-state index in [-0.39, 0.29) is 47.4 Å². The van der Waals surface area contributed by atoms with Crippen LogP contribution in [0.3, 0.4) is 0 Å². The van der Waals surface area contributed by atoms with Crippen LogP contribution < -0.4 is 5.32 Å². The van der Waals surface area contributed by atoms with Gasteiger partial charge in [0.05, 0.1) is 42.9 Å². The van der Waals surface area contributed by atoms with Crippen LogP contribution >= 0.6 is 69.6 Å². The Morgan fingerprint density at radius 3 is 1.90 bits per heavy atom. The first-order valence-electron chi connectivity index (χ1n) is 11.4. The van der Waals surface area contributed by atoms with Gasteiger partial charge < -0.3 is 14.8 Å². The van der Waals surface area contributed by atoms with Crippen molar-refractivity contribution in [2.45, 2.75) is 13.0 Å². The predicted octanol–water partition coefficient (Wildman–Crippen LogP) is 10.2. The first-order valence-corrected chi connectivity index (χ1v) is 13.7. The molecule has 0 saturated carbocycles. The summed E-state index contributed by atoms with van der Waals surface area (Å²) in [4.78, 5) is 28.9. The highest BCUT2D eigenvalue weighted by atomic mass is 35.5. The van der Waals surface area contributed by atoms with E-state index in [1.165, 1.54) is 44.6 Å². The van der Waals surface area contributed by atoms with Crippen molar-refractivity contribution in [3.05, 3.63) is 90.8 Å². The van der Waals surface area contributed by atoms with Crippen LogP contribution in [-0.2, 0) is 19.1 Å². The van der Waals surface area contributed by atoms with Crippen molar-refractivity contribution >= 4 is 110 Å². The zero-order chi connectivity index (χ0) is 30.8. The molecule has 42 heavy (non-hydrogen) atoms. The molecule has 0 spiro atoms. The fourth-order valence-corrected chi connectivity index (χ4v) is 4.03. The number of halogens is 6. The number of hydrogen-bond donors (Lipinski definition) is 1. The van der Waals surface area contributed by atoms with Crippen LogP contribution in [-0.4, -0.2) is 31.2 Å². The topological polar surface area (TPSA) is 126 Å². The lowest BCUT2D eigenvalue weighted by molar-refractivity contribution is -0.126. The summed E-state index contributed by atoms with van der Waals surface area (Å²) in [7, 11) is 1.40. The molecule has 0 fully saturated rings. The maximum Gasteiger partial charge on any atom is 0.274 e. The number of carbonyl (C=O) groups excluding carboxylic acids is 2. The highest BCUT2D eigenvalue weighted by Crippen LogP contribution is 2.35. The number of amides is 1. The number of anilines is 1. The summed E-state index contributed by atoms with van der Waals surface area (Å²) < 4.78 is 10.3. The Bertz CT molecular complexity index is 1600. The Balaban J connectivity index is 1.63. The molecule has 0 radical (unpaired) electrons. The molecule has 10 nitrogen and oxygen atoms in total. The summed E-state index contributed by atoms with van der Waals surface area (Å²) in [6, 6.07) is 10.5. The van der Waals surface area contributed by atoms with Crippen molar-refractivity contribution in [1.82, 2.24) is 0 Å². The summed E-state index contributed by atoms with van der Waals surface area (Å²) in [5.41, 5.74) is 1.25. The number of methoxy groups -OCH3 is 1. The monoisotopic (exact) mass is 688 g/mol. The lowest BCUT2D eigenvalue weighted by atomic mass is 10.2. The van der Waals surface area contributed by atoms with Gasteiger partial charge in [0.2, 0.25) is 6.04 Å². The van der Waals surface area contributed by atoms with Crippen LogP contribution in [0.15, 0.2) is 86.1 Å². The van der Waals surface area contributed by atoms with Crippen LogP contribution in [0.1, 0.15) is 6.92 Å². The minimum absolute atomic E-state index is 0.0427. The van der Waals surface area contributed by atoms with E-state index in [1.54, 1.807) is 24.3 Å². The molecule has 218 valence electrons. The molecule has 0 aliphatic rings. The van der Waals surface area contributed by atoms with Crippen molar-refractivity contribution in [3.63, 3.8) is 0 Å². The second-order valence-electron chi connectivity index (χ2n) is 7.94. The van der Waals surface area contributed by atoms with Crippen molar-refractivity contribution in [3.8, 4) is 0 Å². The fraction of sp³-hybridized carbons (Fsp3) is 0.115. The molecule has 0 bridgehead atoms. The third-order valence-electron chi connectivity index (χ3n) is 4.88. The number of ether oxygens (including phenoxy) is 2. The van der Waals surface area contributed by atoms with E-state index < -0.39 is 17.7 Å². The van der Waals surface area contributed by atoms with Crippen molar-refractivity contribution in [1.29, 1.82) is 0 Å². The maximum absolute atomic E-state index is 12.7. The fourth-order valence-electron chi connectivity index (χ4n) is 2.88. The molecule has 16 heteroatoms. The molecular formula is C26H18Cl6N6O4. The Morgan fingerprint density at radius 1 is 0.810 bits per heavy atom. The van der Waals surface area contributed by atoms with E-state index in [1.807, 2.05) is 0 Å². The van der Waals surface area contributed by atoms with Gasteiger partial charge in [-0.1, -0.05) is 69.6 Å². The maximum atomic E-state index is 12.7. The highest BCUT2D eigenvalue weighted by molar-refractivity contribution is 6.44. The number of carbonyl (C=O) groups is 2. The number of aliphatic imine (C=N–C) groups is 1. The first kappa shape index (κ1) is 33.3. The van der Waals surface area contributed by atoms with Gasteiger partial charge in [-0.25, -0.2) is 4.99 Å². The number of Topliss-reactive ketones (excluding diaryl/α,β-unsaturated/α-hetero) is 1. The van der Waals surface area contributed by atoms with Gasteiger partial charge in [0, 0.05) is 5.69 Å². The average molecular weight is 691 g/mol.